The number of amides is 1. The van der Waals surface area contributed by atoms with E-state index in [1.54, 1.807) is 61.7 Å². The first-order chi connectivity index (χ1) is 16.5. The molecule has 0 radical (unpaired) electrons. The number of hydrogen-bond donors (Lipinski definition) is 2. The molecule has 5 rings (SSSR count). The maximum atomic E-state index is 13.3. The van der Waals surface area contributed by atoms with E-state index in [1.165, 1.54) is 17.0 Å². The van der Waals surface area contributed by atoms with Gasteiger partial charge in [0.1, 0.15) is 23.0 Å². The normalized spacial score (nSPS) is 19.0. The number of Topliss-reactive ketones (excluding diaryl/α,β-unsaturated/α-hetero) is 1. The average molecular weight is 457 g/mol. The molecule has 1 saturated heterocycles. The van der Waals surface area contributed by atoms with E-state index in [2.05, 4.69) is 0 Å². The maximum absolute atomic E-state index is 13.3. The molecule has 1 atom stereocenters. The molecular weight excluding hydrogens is 434 g/mol. The average Bonchev–Trinajstić information content (AvgIpc) is 3.14. The molecule has 0 bridgehead atoms. The number of phenolic OH excluding ortho intramolecular Hbond substituents is 1. The van der Waals surface area contributed by atoms with E-state index < -0.39 is 17.7 Å². The highest BCUT2D eigenvalue weighted by Gasteiger charge is 2.47. The fourth-order valence-corrected chi connectivity index (χ4v) is 4.48. The number of methoxy groups -OCH3 is 1. The number of ketones is 1. The number of aliphatic hydroxyl groups is 1. The van der Waals surface area contributed by atoms with Crippen molar-refractivity contribution in [3.8, 4) is 17.2 Å². The Kier molecular flexibility index (Phi) is 5.45. The number of hydrogen-bond acceptors (Lipinski definition) is 6. The van der Waals surface area contributed by atoms with Crippen LogP contribution < -0.4 is 14.4 Å². The lowest BCUT2D eigenvalue weighted by atomic mass is 9.94. The highest BCUT2D eigenvalue weighted by molar-refractivity contribution is 6.51. The predicted molar refractivity (Wildman–Crippen MR) is 126 cm³/mol. The van der Waals surface area contributed by atoms with Gasteiger partial charge in [0, 0.05) is 11.3 Å². The lowest BCUT2D eigenvalue weighted by Crippen LogP contribution is -2.29. The number of rotatable bonds is 4. The fourth-order valence-electron chi connectivity index (χ4n) is 4.48. The van der Waals surface area contributed by atoms with Crippen molar-refractivity contribution in [2.24, 2.45) is 0 Å². The van der Waals surface area contributed by atoms with Gasteiger partial charge in [-0.05, 0) is 78.6 Å². The van der Waals surface area contributed by atoms with Crippen molar-refractivity contribution in [1.82, 2.24) is 0 Å². The monoisotopic (exact) mass is 457 g/mol. The Labute approximate surface area is 196 Å². The first-order valence-corrected chi connectivity index (χ1v) is 11.0. The zero-order valence-corrected chi connectivity index (χ0v) is 18.5. The van der Waals surface area contributed by atoms with E-state index in [0.29, 0.717) is 29.2 Å². The highest BCUT2D eigenvalue weighted by Crippen LogP contribution is 2.43. The van der Waals surface area contributed by atoms with Gasteiger partial charge >= 0.3 is 0 Å². The van der Waals surface area contributed by atoms with Crippen LogP contribution in [0.15, 0.2) is 72.3 Å². The van der Waals surface area contributed by atoms with Crippen molar-refractivity contribution >= 4 is 23.1 Å². The lowest BCUT2D eigenvalue weighted by Gasteiger charge is -2.25. The summed E-state index contributed by atoms with van der Waals surface area (Å²) in [6, 6.07) is 17.4. The van der Waals surface area contributed by atoms with Crippen LogP contribution in [-0.2, 0) is 16.0 Å². The molecule has 34 heavy (non-hydrogen) atoms. The topological polar surface area (TPSA) is 96.3 Å². The second-order valence-electron chi connectivity index (χ2n) is 8.23. The van der Waals surface area contributed by atoms with Crippen molar-refractivity contribution in [3.63, 3.8) is 0 Å². The minimum atomic E-state index is -0.874. The Balaban J connectivity index is 1.67. The molecule has 0 spiro atoms. The van der Waals surface area contributed by atoms with E-state index >= 15 is 0 Å². The lowest BCUT2D eigenvalue weighted by molar-refractivity contribution is -0.132. The van der Waals surface area contributed by atoms with Gasteiger partial charge in [0.25, 0.3) is 11.7 Å². The minimum absolute atomic E-state index is 0.0109. The molecular formula is C27H23NO6. The van der Waals surface area contributed by atoms with Gasteiger partial charge in [-0.25, -0.2) is 0 Å². The first kappa shape index (κ1) is 21.6. The molecule has 3 aromatic rings. The Morgan fingerprint density at radius 2 is 1.76 bits per heavy atom. The number of fused-ring (bicyclic) bond motifs is 1. The second-order valence-corrected chi connectivity index (χ2v) is 8.23. The summed E-state index contributed by atoms with van der Waals surface area (Å²) in [5.41, 5.74) is 2.44. The number of ether oxygens (including phenoxy) is 2. The molecule has 1 unspecified atom stereocenters. The Morgan fingerprint density at radius 1 is 1.03 bits per heavy atom. The van der Waals surface area contributed by atoms with Gasteiger partial charge < -0.3 is 19.7 Å². The third-order valence-electron chi connectivity index (χ3n) is 6.19. The summed E-state index contributed by atoms with van der Waals surface area (Å²) >= 11 is 0. The molecule has 2 N–H and O–H groups in total. The SMILES string of the molecule is COc1ccc(N2C(=O)C(=O)/C(=C(\O)c3ccc4c(c3)CCCO4)C2c2ccc(O)cc2)cc1. The summed E-state index contributed by atoms with van der Waals surface area (Å²) in [6.45, 7) is 0.645. The fraction of sp³-hybridized carbons (Fsp3) is 0.185. The molecule has 2 aliphatic heterocycles. The summed E-state index contributed by atoms with van der Waals surface area (Å²) in [7, 11) is 1.54. The van der Waals surface area contributed by atoms with Gasteiger partial charge in [-0.3, -0.25) is 14.5 Å². The van der Waals surface area contributed by atoms with Gasteiger partial charge in [-0.15, -0.1) is 0 Å². The van der Waals surface area contributed by atoms with E-state index in [9.17, 15) is 19.8 Å². The van der Waals surface area contributed by atoms with Crippen LogP contribution in [-0.4, -0.2) is 35.6 Å². The molecule has 0 aromatic heterocycles. The first-order valence-electron chi connectivity index (χ1n) is 11.0. The third-order valence-corrected chi connectivity index (χ3v) is 6.19. The van der Waals surface area contributed by atoms with Crippen LogP contribution in [0.2, 0.25) is 0 Å². The maximum Gasteiger partial charge on any atom is 0.300 e. The van der Waals surface area contributed by atoms with Crippen molar-refractivity contribution < 1.29 is 29.3 Å². The van der Waals surface area contributed by atoms with Gasteiger partial charge in [0.2, 0.25) is 0 Å². The van der Waals surface area contributed by atoms with E-state index in [1.807, 2.05) is 0 Å². The summed E-state index contributed by atoms with van der Waals surface area (Å²) in [5, 5.41) is 21.1. The summed E-state index contributed by atoms with van der Waals surface area (Å²) in [5.74, 6) is -0.346. The zero-order valence-electron chi connectivity index (χ0n) is 18.5. The van der Waals surface area contributed by atoms with Gasteiger partial charge in [-0.1, -0.05) is 12.1 Å². The molecule has 1 fully saturated rings. The van der Waals surface area contributed by atoms with Crippen molar-refractivity contribution in [2.45, 2.75) is 18.9 Å². The second kappa shape index (κ2) is 8.59. The van der Waals surface area contributed by atoms with Crippen LogP contribution in [0, 0.1) is 0 Å². The largest absolute Gasteiger partial charge is 0.508 e. The van der Waals surface area contributed by atoms with Crippen LogP contribution in [0.25, 0.3) is 5.76 Å². The van der Waals surface area contributed by atoms with Crippen LogP contribution in [0.3, 0.4) is 0 Å². The third kappa shape index (κ3) is 3.65. The summed E-state index contributed by atoms with van der Waals surface area (Å²) in [4.78, 5) is 27.8. The molecule has 172 valence electrons. The standard InChI is InChI=1S/C27H23NO6/c1-33-21-11-7-19(8-12-21)28-24(16-4-9-20(29)10-5-16)23(26(31)27(28)32)25(30)18-6-13-22-17(15-18)3-2-14-34-22/h4-13,15,24,29-30H,2-3,14H2,1H3/b25-23-. The highest BCUT2D eigenvalue weighted by atomic mass is 16.5. The van der Waals surface area contributed by atoms with Crippen LogP contribution in [0.5, 0.6) is 17.2 Å². The summed E-state index contributed by atoms with van der Waals surface area (Å²) < 4.78 is 10.9. The molecule has 2 heterocycles. The molecule has 7 heteroatoms. The number of aliphatic hydroxyl groups excluding tert-OH is 1. The molecule has 0 saturated carbocycles. The number of aryl methyl sites for hydroxylation is 1. The van der Waals surface area contributed by atoms with Crippen LogP contribution in [0.1, 0.15) is 29.2 Å². The number of phenols is 1. The minimum Gasteiger partial charge on any atom is -0.508 e. The molecule has 2 aliphatic rings. The molecule has 1 amide bonds. The Hall–Kier alpha value is -4.26. The van der Waals surface area contributed by atoms with E-state index in [4.69, 9.17) is 9.47 Å². The number of carbonyl (C=O) groups is 2. The van der Waals surface area contributed by atoms with Crippen LogP contribution in [0.4, 0.5) is 5.69 Å². The predicted octanol–water partition coefficient (Wildman–Crippen LogP) is 4.35. The van der Waals surface area contributed by atoms with Gasteiger partial charge in [0.15, 0.2) is 0 Å². The van der Waals surface area contributed by atoms with Crippen molar-refractivity contribution in [3.05, 3.63) is 89.0 Å². The number of aromatic hydroxyl groups is 1. The smallest absolute Gasteiger partial charge is 0.300 e. The summed E-state index contributed by atoms with van der Waals surface area (Å²) in [6.07, 6.45) is 1.67. The number of carbonyl (C=O) groups excluding carboxylic acids is 2. The van der Waals surface area contributed by atoms with E-state index in [-0.39, 0.29) is 17.1 Å². The quantitative estimate of drug-likeness (QED) is 0.344. The number of anilines is 1. The van der Waals surface area contributed by atoms with Crippen molar-refractivity contribution in [1.29, 1.82) is 0 Å². The van der Waals surface area contributed by atoms with Crippen LogP contribution >= 0.6 is 0 Å². The Morgan fingerprint density at radius 3 is 2.47 bits per heavy atom. The molecule has 3 aromatic carbocycles. The van der Waals surface area contributed by atoms with Gasteiger partial charge in [0.05, 0.1) is 25.3 Å². The van der Waals surface area contributed by atoms with E-state index in [0.717, 1.165) is 24.2 Å². The van der Waals surface area contributed by atoms with Gasteiger partial charge in [-0.2, -0.15) is 0 Å². The molecule has 7 nitrogen and oxygen atoms in total. The Bertz CT molecular complexity index is 1290. The number of nitrogens with zero attached hydrogens (tertiary/aromatic N) is 1. The zero-order chi connectivity index (χ0) is 23.8. The van der Waals surface area contributed by atoms with Crippen molar-refractivity contribution in [2.75, 3.05) is 18.6 Å². The molecule has 0 aliphatic carbocycles. The number of benzene rings is 3.